The Labute approximate surface area is 118 Å². The Bertz CT molecular complexity index is 463. The van der Waals surface area contributed by atoms with Gasteiger partial charge in [0, 0.05) is 13.1 Å². The predicted molar refractivity (Wildman–Crippen MR) is 74.6 cm³/mol. The van der Waals surface area contributed by atoms with E-state index in [1.54, 1.807) is 12.1 Å². The third-order valence-electron chi connectivity index (χ3n) is 3.85. The van der Waals surface area contributed by atoms with Crippen LogP contribution in [0.5, 0.6) is 0 Å². The lowest BCUT2D eigenvalue weighted by Gasteiger charge is -2.25. The standard InChI is InChI=1S/C15H21FN2O2/c1-10(12-3-5-13(16)6-4-12)17-15(20)11(2)18-8-7-14(19)9-18/h3-6,10-11,14,19H,7-9H2,1-2H3,(H,17,20)/t10?,11?,14-/m1/s1. The van der Waals surface area contributed by atoms with Crippen LogP contribution in [0.3, 0.4) is 0 Å². The number of β-amino-alcohol motifs (C(OH)–C–C–N with tert-alkyl or cyclic N) is 1. The first kappa shape index (κ1) is 14.9. The normalized spacial score (nSPS) is 22.5. The number of amides is 1. The zero-order valence-electron chi connectivity index (χ0n) is 11.8. The molecule has 0 radical (unpaired) electrons. The van der Waals surface area contributed by atoms with Crippen LogP contribution in [0.4, 0.5) is 4.39 Å². The largest absolute Gasteiger partial charge is 0.392 e. The predicted octanol–water partition coefficient (Wildman–Crippen LogP) is 1.46. The summed E-state index contributed by atoms with van der Waals surface area (Å²) >= 11 is 0. The molecular weight excluding hydrogens is 259 g/mol. The van der Waals surface area contributed by atoms with Gasteiger partial charge in [0.05, 0.1) is 18.2 Å². The summed E-state index contributed by atoms with van der Waals surface area (Å²) in [5.41, 5.74) is 0.869. The summed E-state index contributed by atoms with van der Waals surface area (Å²) in [6, 6.07) is 5.68. The van der Waals surface area contributed by atoms with E-state index >= 15 is 0 Å². The van der Waals surface area contributed by atoms with Crippen molar-refractivity contribution in [2.24, 2.45) is 0 Å². The summed E-state index contributed by atoms with van der Waals surface area (Å²) in [6.07, 6.45) is 0.380. The van der Waals surface area contributed by atoms with E-state index in [-0.39, 0.29) is 29.9 Å². The van der Waals surface area contributed by atoms with E-state index in [0.717, 1.165) is 12.1 Å². The molecule has 0 aromatic heterocycles. The Morgan fingerprint density at radius 3 is 2.60 bits per heavy atom. The number of aliphatic hydroxyl groups is 1. The minimum absolute atomic E-state index is 0.0732. The molecule has 0 aliphatic carbocycles. The molecule has 1 aliphatic heterocycles. The Kier molecular flexibility index (Phi) is 4.73. The zero-order chi connectivity index (χ0) is 14.7. The van der Waals surface area contributed by atoms with E-state index in [0.29, 0.717) is 13.0 Å². The Hall–Kier alpha value is -1.46. The summed E-state index contributed by atoms with van der Waals surface area (Å²) in [5.74, 6) is -0.359. The number of carbonyl (C=O) groups is 1. The van der Waals surface area contributed by atoms with E-state index in [1.807, 2.05) is 18.7 Å². The second-order valence-corrected chi connectivity index (χ2v) is 5.40. The van der Waals surface area contributed by atoms with Crippen molar-refractivity contribution in [2.75, 3.05) is 13.1 Å². The summed E-state index contributed by atoms with van der Waals surface area (Å²) in [5, 5.41) is 12.4. The first-order valence-corrected chi connectivity index (χ1v) is 6.95. The molecule has 2 N–H and O–H groups in total. The van der Waals surface area contributed by atoms with Crippen molar-refractivity contribution >= 4 is 5.91 Å². The molecule has 1 aromatic carbocycles. The fourth-order valence-corrected chi connectivity index (χ4v) is 2.45. The van der Waals surface area contributed by atoms with Gasteiger partial charge in [-0.25, -0.2) is 4.39 Å². The monoisotopic (exact) mass is 280 g/mol. The van der Waals surface area contributed by atoms with Crippen LogP contribution in [0.2, 0.25) is 0 Å². The van der Waals surface area contributed by atoms with Gasteiger partial charge < -0.3 is 10.4 Å². The Balaban J connectivity index is 1.91. The van der Waals surface area contributed by atoms with Gasteiger partial charge in [0.15, 0.2) is 0 Å². The topological polar surface area (TPSA) is 52.6 Å². The highest BCUT2D eigenvalue weighted by Gasteiger charge is 2.28. The lowest BCUT2D eigenvalue weighted by molar-refractivity contribution is -0.126. The molecule has 1 amide bonds. The number of hydrogen-bond acceptors (Lipinski definition) is 3. The summed E-state index contributed by atoms with van der Waals surface area (Å²) < 4.78 is 12.9. The van der Waals surface area contributed by atoms with Crippen LogP contribution in [0, 0.1) is 5.82 Å². The number of carbonyl (C=O) groups excluding carboxylic acids is 1. The van der Waals surface area contributed by atoms with Crippen LogP contribution in [0.15, 0.2) is 24.3 Å². The first-order chi connectivity index (χ1) is 9.47. The van der Waals surface area contributed by atoms with Gasteiger partial charge in [-0.2, -0.15) is 0 Å². The van der Waals surface area contributed by atoms with Crippen LogP contribution in [-0.2, 0) is 4.79 Å². The maximum Gasteiger partial charge on any atom is 0.237 e. The SMILES string of the molecule is CC(NC(=O)C(C)N1CC[C@@H](O)C1)c1ccc(F)cc1. The molecule has 0 saturated carbocycles. The molecular formula is C15H21FN2O2. The van der Waals surface area contributed by atoms with Crippen molar-refractivity contribution in [2.45, 2.75) is 38.5 Å². The number of nitrogens with zero attached hydrogens (tertiary/aromatic N) is 1. The van der Waals surface area contributed by atoms with Gasteiger partial charge >= 0.3 is 0 Å². The fraction of sp³-hybridized carbons (Fsp3) is 0.533. The molecule has 1 aliphatic rings. The van der Waals surface area contributed by atoms with Crippen molar-refractivity contribution in [1.82, 2.24) is 10.2 Å². The maximum absolute atomic E-state index is 12.9. The lowest BCUT2D eigenvalue weighted by Crippen LogP contribution is -2.45. The van der Waals surface area contributed by atoms with Gasteiger partial charge in [0.1, 0.15) is 5.82 Å². The highest BCUT2D eigenvalue weighted by molar-refractivity contribution is 5.81. The van der Waals surface area contributed by atoms with Crippen molar-refractivity contribution in [3.63, 3.8) is 0 Å². The molecule has 1 heterocycles. The van der Waals surface area contributed by atoms with E-state index in [9.17, 15) is 14.3 Å². The number of halogens is 1. The van der Waals surface area contributed by atoms with Gasteiger partial charge in [-0.15, -0.1) is 0 Å². The number of nitrogens with one attached hydrogen (secondary N) is 1. The lowest BCUT2D eigenvalue weighted by atomic mass is 10.1. The van der Waals surface area contributed by atoms with Crippen molar-refractivity contribution < 1.29 is 14.3 Å². The molecule has 5 heteroatoms. The summed E-state index contributed by atoms with van der Waals surface area (Å²) in [4.78, 5) is 14.1. The number of hydrogen-bond donors (Lipinski definition) is 2. The van der Waals surface area contributed by atoms with Crippen LogP contribution in [0.1, 0.15) is 31.9 Å². The second kappa shape index (κ2) is 6.33. The number of aliphatic hydroxyl groups excluding tert-OH is 1. The van der Waals surface area contributed by atoms with E-state index in [2.05, 4.69) is 5.32 Å². The smallest absolute Gasteiger partial charge is 0.237 e. The quantitative estimate of drug-likeness (QED) is 0.878. The van der Waals surface area contributed by atoms with Crippen LogP contribution >= 0.6 is 0 Å². The van der Waals surface area contributed by atoms with Crippen molar-refractivity contribution in [3.8, 4) is 0 Å². The van der Waals surface area contributed by atoms with Gasteiger partial charge in [-0.3, -0.25) is 9.69 Å². The molecule has 0 spiro atoms. The van der Waals surface area contributed by atoms with E-state index in [1.165, 1.54) is 12.1 Å². The minimum Gasteiger partial charge on any atom is -0.392 e. The van der Waals surface area contributed by atoms with Gasteiger partial charge in [-0.05, 0) is 38.0 Å². The molecule has 4 nitrogen and oxygen atoms in total. The summed E-state index contributed by atoms with van der Waals surface area (Å²) in [7, 11) is 0. The molecule has 20 heavy (non-hydrogen) atoms. The van der Waals surface area contributed by atoms with Crippen LogP contribution < -0.4 is 5.32 Å². The molecule has 2 unspecified atom stereocenters. The highest BCUT2D eigenvalue weighted by Crippen LogP contribution is 2.16. The molecule has 1 saturated heterocycles. The third kappa shape index (κ3) is 3.55. The Morgan fingerprint density at radius 2 is 2.05 bits per heavy atom. The van der Waals surface area contributed by atoms with Crippen LogP contribution in [-0.4, -0.2) is 41.1 Å². The Morgan fingerprint density at radius 1 is 1.40 bits per heavy atom. The van der Waals surface area contributed by atoms with Crippen LogP contribution in [0.25, 0.3) is 0 Å². The minimum atomic E-state index is -0.334. The average Bonchev–Trinajstić information content (AvgIpc) is 2.85. The van der Waals surface area contributed by atoms with Crippen molar-refractivity contribution in [1.29, 1.82) is 0 Å². The molecule has 1 aromatic rings. The molecule has 2 rings (SSSR count). The van der Waals surface area contributed by atoms with E-state index < -0.39 is 0 Å². The van der Waals surface area contributed by atoms with Crippen molar-refractivity contribution in [3.05, 3.63) is 35.6 Å². The number of likely N-dealkylation sites (tertiary alicyclic amines) is 1. The van der Waals surface area contributed by atoms with E-state index in [4.69, 9.17) is 0 Å². The molecule has 0 bridgehead atoms. The summed E-state index contributed by atoms with van der Waals surface area (Å²) in [6.45, 7) is 4.99. The molecule has 1 fully saturated rings. The fourth-order valence-electron chi connectivity index (χ4n) is 2.45. The highest BCUT2D eigenvalue weighted by atomic mass is 19.1. The first-order valence-electron chi connectivity index (χ1n) is 6.95. The second-order valence-electron chi connectivity index (χ2n) is 5.40. The molecule has 110 valence electrons. The zero-order valence-corrected chi connectivity index (χ0v) is 11.8. The average molecular weight is 280 g/mol. The third-order valence-corrected chi connectivity index (χ3v) is 3.85. The maximum atomic E-state index is 12.9. The van der Waals surface area contributed by atoms with Gasteiger partial charge in [0.25, 0.3) is 0 Å². The molecule has 3 atom stereocenters. The number of rotatable bonds is 4. The van der Waals surface area contributed by atoms with Gasteiger partial charge in [-0.1, -0.05) is 12.1 Å². The van der Waals surface area contributed by atoms with Gasteiger partial charge in [0.2, 0.25) is 5.91 Å². The number of benzene rings is 1.